The Balaban J connectivity index is 2.72. The molecule has 3 heteroatoms. The summed E-state index contributed by atoms with van der Waals surface area (Å²) in [5.41, 5.74) is -1.38. The molecule has 0 amide bonds. The number of aliphatic hydroxyl groups is 1. The zero-order chi connectivity index (χ0) is 12.0. The lowest BCUT2D eigenvalue weighted by atomic mass is 9.83. The fourth-order valence-corrected chi connectivity index (χ4v) is 1.68. The molecule has 0 heterocycles. The number of unbranched alkanes of at least 4 members (excludes halogenated alkanes) is 2. The van der Waals surface area contributed by atoms with Crippen LogP contribution in [0.25, 0.3) is 0 Å². The first-order chi connectivity index (χ1) is 7.60. The zero-order valence-corrected chi connectivity index (χ0v) is 9.47. The van der Waals surface area contributed by atoms with Gasteiger partial charge in [-0.2, -0.15) is 0 Å². The Kier molecular flexibility index (Phi) is 4.50. The average molecular weight is 222 g/mol. The minimum Gasteiger partial charge on any atom is -0.481 e. The standard InChI is InChI=1S/C13H18O3/c1-2-3-4-6-9-13(16)10-7-5-8-11(13)12(14)15/h5-11,16H,2-4H2,1H3,(H,14,15)/b9-6+. The van der Waals surface area contributed by atoms with Gasteiger partial charge in [-0.05, 0) is 12.5 Å². The van der Waals surface area contributed by atoms with Crippen molar-refractivity contribution in [3.63, 3.8) is 0 Å². The van der Waals surface area contributed by atoms with Crippen LogP contribution < -0.4 is 0 Å². The Morgan fingerprint density at radius 1 is 1.50 bits per heavy atom. The number of aliphatic carboxylic acids is 1. The van der Waals surface area contributed by atoms with Crippen LogP contribution in [0.3, 0.4) is 0 Å². The van der Waals surface area contributed by atoms with Crippen LogP contribution in [0.15, 0.2) is 36.5 Å². The van der Waals surface area contributed by atoms with Gasteiger partial charge in [0.05, 0.1) is 0 Å². The first kappa shape index (κ1) is 12.7. The molecule has 1 aliphatic carbocycles. The highest BCUT2D eigenvalue weighted by molar-refractivity contribution is 5.75. The largest absolute Gasteiger partial charge is 0.481 e. The van der Waals surface area contributed by atoms with Gasteiger partial charge in [0.1, 0.15) is 11.5 Å². The molecular formula is C13H18O3. The van der Waals surface area contributed by atoms with Crippen LogP contribution >= 0.6 is 0 Å². The molecule has 0 bridgehead atoms. The first-order valence-electron chi connectivity index (χ1n) is 5.59. The molecule has 1 aliphatic rings. The van der Waals surface area contributed by atoms with Gasteiger partial charge in [-0.3, -0.25) is 4.79 Å². The molecule has 2 unspecified atom stereocenters. The molecule has 2 N–H and O–H groups in total. The van der Waals surface area contributed by atoms with Crippen molar-refractivity contribution in [3.05, 3.63) is 36.5 Å². The van der Waals surface area contributed by atoms with Gasteiger partial charge < -0.3 is 10.2 Å². The summed E-state index contributed by atoms with van der Waals surface area (Å²) in [6.07, 6.45) is 12.8. The molecule has 0 radical (unpaired) electrons. The van der Waals surface area contributed by atoms with Gasteiger partial charge in [-0.15, -0.1) is 0 Å². The van der Waals surface area contributed by atoms with E-state index < -0.39 is 17.5 Å². The summed E-state index contributed by atoms with van der Waals surface area (Å²) in [7, 11) is 0. The van der Waals surface area contributed by atoms with Gasteiger partial charge in [0.15, 0.2) is 0 Å². The molecule has 0 spiro atoms. The summed E-state index contributed by atoms with van der Waals surface area (Å²) < 4.78 is 0. The minimum absolute atomic E-state index is 0.864. The van der Waals surface area contributed by atoms with E-state index in [4.69, 9.17) is 5.11 Å². The fraction of sp³-hybridized carbons (Fsp3) is 0.462. The van der Waals surface area contributed by atoms with Gasteiger partial charge in [0.25, 0.3) is 0 Å². The Labute approximate surface area is 95.8 Å². The normalized spacial score (nSPS) is 28.8. The van der Waals surface area contributed by atoms with Crippen molar-refractivity contribution < 1.29 is 15.0 Å². The van der Waals surface area contributed by atoms with Gasteiger partial charge >= 0.3 is 5.97 Å². The average Bonchev–Trinajstić information content (AvgIpc) is 2.25. The van der Waals surface area contributed by atoms with Gasteiger partial charge in [-0.25, -0.2) is 0 Å². The van der Waals surface area contributed by atoms with Crippen LogP contribution in [0.1, 0.15) is 26.2 Å². The lowest BCUT2D eigenvalue weighted by molar-refractivity contribution is -0.144. The molecule has 0 saturated heterocycles. The van der Waals surface area contributed by atoms with E-state index in [0.29, 0.717) is 0 Å². The Morgan fingerprint density at radius 3 is 2.88 bits per heavy atom. The second kappa shape index (κ2) is 5.66. The van der Waals surface area contributed by atoms with Crippen LogP contribution in [-0.4, -0.2) is 21.8 Å². The molecule has 0 fully saturated rings. The van der Waals surface area contributed by atoms with E-state index >= 15 is 0 Å². The highest BCUT2D eigenvalue weighted by Crippen LogP contribution is 2.26. The SMILES string of the molecule is CCCC/C=C/C1(O)C=CC=CC1C(=O)O. The minimum atomic E-state index is -1.38. The maximum Gasteiger partial charge on any atom is 0.314 e. The molecule has 88 valence electrons. The molecule has 1 rings (SSSR count). The molecule has 0 aromatic heterocycles. The van der Waals surface area contributed by atoms with E-state index in [0.717, 1.165) is 19.3 Å². The summed E-state index contributed by atoms with van der Waals surface area (Å²) in [6, 6.07) is 0. The first-order valence-corrected chi connectivity index (χ1v) is 5.59. The maximum atomic E-state index is 11.0. The van der Waals surface area contributed by atoms with Crippen molar-refractivity contribution in [1.82, 2.24) is 0 Å². The molecule has 0 aromatic rings. The fourth-order valence-electron chi connectivity index (χ4n) is 1.68. The van der Waals surface area contributed by atoms with Crippen LogP contribution in [0.5, 0.6) is 0 Å². The van der Waals surface area contributed by atoms with Gasteiger partial charge in [0, 0.05) is 0 Å². The second-order valence-corrected chi connectivity index (χ2v) is 3.99. The van der Waals surface area contributed by atoms with Crippen LogP contribution in [0.4, 0.5) is 0 Å². The molecule has 3 nitrogen and oxygen atoms in total. The number of rotatable bonds is 5. The van der Waals surface area contributed by atoms with Crippen molar-refractivity contribution in [2.24, 2.45) is 5.92 Å². The third-order valence-corrected chi connectivity index (χ3v) is 2.65. The quantitative estimate of drug-likeness (QED) is 0.554. The monoisotopic (exact) mass is 222 g/mol. The van der Waals surface area contributed by atoms with Crippen molar-refractivity contribution in [1.29, 1.82) is 0 Å². The van der Waals surface area contributed by atoms with E-state index in [1.807, 2.05) is 6.08 Å². The molecule has 2 atom stereocenters. The number of allylic oxidation sites excluding steroid dienone is 3. The maximum absolute atomic E-state index is 11.0. The Hall–Kier alpha value is -1.35. The molecule has 0 aromatic carbocycles. The molecule has 0 saturated carbocycles. The lowest BCUT2D eigenvalue weighted by Gasteiger charge is -2.27. The Morgan fingerprint density at radius 2 is 2.25 bits per heavy atom. The highest BCUT2D eigenvalue weighted by Gasteiger charge is 2.36. The third kappa shape index (κ3) is 3.07. The summed E-state index contributed by atoms with van der Waals surface area (Å²) in [4.78, 5) is 11.0. The van der Waals surface area contributed by atoms with Gasteiger partial charge in [0.2, 0.25) is 0 Å². The number of carboxylic acids is 1. The van der Waals surface area contributed by atoms with Crippen molar-refractivity contribution >= 4 is 5.97 Å². The summed E-state index contributed by atoms with van der Waals surface area (Å²) in [5, 5.41) is 19.2. The van der Waals surface area contributed by atoms with Crippen LogP contribution in [0, 0.1) is 5.92 Å². The van der Waals surface area contributed by atoms with Crippen LogP contribution in [0.2, 0.25) is 0 Å². The molecule has 0 aliphatic heterocycles. The number of carbonyl (C=O) groups is 1. The predicted molar refractivity (Wildman–Crippen MR) is 63.0 cm³/mol. The molecule has 16 heavy (non-hydrogen) atoms. The Bertz CT molecular complexity index is 328. The van der Waals surface area contributed by atoms with E-state index in [9.17, 15) is 9.90 Å². The summed E-state index contributed by atoms with van der Waals surface area (Å²) >= 11 is 0. The number of hydrogen-bond acceptors (Lipinski definition) is 2. The van der Waals surface area contributed by atoms with Crippen molar-refractivity contribution in [2.45, 2.75) is 31.8 Å². The topological polar surface area (TPSA) is 57.5 Å². The van der Waals surface area contributed by atoms with Gasteiger partial charge in [-0.1, -0.05) is 50.1 Å². The summed E-state index contributed by atoms with van der Waals surface area (Å²) in [6.45, 7) is 2.09. The summed E-state index contributed by atoms with van der Waals surface area (Å²) in [5.74, 6) is -1.90. The zero-order valence-electron chi connectivity index (χ0n) is 9.47. The smallest absolute Gasteiger partial charge is 0.314 e. The highest BCUT2D eigenvalue weighted by atomic mass is 16.4. The predicted octanol–water partition coefficient (Wildman–Crippen LogP) is 2.29. The van der Waals surface area contributed by atoms with E-state index in [2.05, 4.69) is 6.92 Å². The van der Waals surface area contributed by atoms with Crippen LogP contribution in [-0.2, 0) is 4.79 Å². The van der Waals surface area contributed by atoms with E-state index in [-0.39, 0.29) is 0 Å². The third-order valence-electron chi connectivity index (χ3n) is 2.65. The lowest BCUT2D eigenvalue weighted by Crippen LogP contribution is -2.38. The number of carboxylic acid groups (broad SMARTS) is 1. The number of hydrogen-bond donors (Lipinski definition) is 2. The second-order valence-electron chi connectivity index (χ2n) is 3.99. The van der Waals surface area contributed by atoms with Crippen molar-refractivity contribution in [3.8, 4) is 0 Å². The molecular weight excluding hydrogens is 204 g/mol. The van der Waals surface area contributed by atoms with E-state index in [1.165, 1.54) is 12.2 Å². The van der Waals surface area contributed by atoms with E-state index in [1.54, 1.807) is 18.2 Å². The van der Waals surface area contributed by atoms with Crippen molar-refractivity contribution in [2.75, 3.05) is 0 Å².